The largest absolute Gasteiger partial charge is 0.465 e. The number of carbonyl (C=O) groups is 1. The molecule has 0 spiro atoms. The minimum atomic E-state index is -0.456. The van der Waals surface area contributed by atoms with Crippen LogP contribution in [0.3, 0.4) is 0 Å². The lowest BCUT2D eigenvalue weighted by molar-refractivity contribution is 0.0601. The summed E-state index contributed by atoms with van der Waals surface area (Å²) in [6.45, 7) is 0. The van der Waals surface area contributed by atoms with Crippen molar-refractivity contribution in [3.8, 4) is 0 Å². The second-order valence-corrected chi connectivity index (χ2v) is 7.22. The predicted octanol–water partition coefficient (Wildman–Crippen LogP) is 4.14. The molecule has 0 saturated heterocycles. The molecule has 1 aromatic carbocycles. The lowest BCUT2D eigenvalue weighted by Gasteiger charge is -2.32. The standard InChI is InChI=1S/C17H21ClN2O2S/c1-22-15(21)13-10-12(6-7-14(13)18)19-16(23)20-17(11-4-5-11)8-2-3-9-17/h6-7,10-11H,2-5,8-9H2,1H3,(H2,19,20,23). The van der Waals surface area contributed by atoms with E-state index in [0.717, 1.165) is 11.6 Å². The molecule has 4 nitrogen and oxygen atoms in total. The second-order valence-electron chi connectivity index (χ2n) is 6.40. The van der Waals surface area contributed by atoms with Gasteiger partial charge in [0, 0.05) is 11.2 Å². The van der Waals surface area contributed by atoms with Gasteiger partial charge in [0.1, 0.15) is 0 Å². The quantitative estimate of drug-likeness (QED) is 0.630. The third kappa shape index (κ3) is 3.61. The van der Waals surface area contributed by atoms with Crippen LogP contribution in [0.4, 0.5) is 5.69 Å². The fourth-order valence-corrected chi connectivity index (χ4v) is 4.05. The second kappa shape index (κ2) is 6.65. The van der Waals surface area contributed by atoms with Crippen molar-refractivity contribution in [3.05, 3.63) is 28.8 Å². The summed E-state index contributed by atoms with van der Waals surface area (Å²) in [6.07, 6.45) is 7.49. The number of carbonyl (C=O) groups excluding carboxylic acids is 1. The molecule has 3 rings (SSSR count). The summed E-state index contributed by atoms with van der Waals surface area (Å²) in [6, 6.07) is 5.15. The maximum Gasteiger partial charge on any atom is 0.339 e. The van der Waals surface area contributed by atoms with E-state index in [2.05, 4.69) is 10.6 Å². The molecular formula is C17H21ClN2O2S. The van der Waals surface area contributed by atoms with Gasteiger partial charge in [-0.05, 0) is 62.0 Å². The molecule has 6 heteroatoms. The smallest absolute Gasteiger partial charge is 0.339 e. The van der Waals surface area contributed by atoms with E-state index in [0.29, 0.717) is 15.7 Å². The third-order valence-electron chi connectivity index (χ3n) is 4.85. The molecule has 0 atom stereocenters. The van der Waals surface area contributed by atoms with E-state index in [-0.39, 0.29) is 5.54 Å². The normalized spacial score (nSPS) is 19.2. The third-order valence-corrected chi connectivity index (χ3v) is 5.38. The van der Waals surface area contributed by atoms with E-state index in [1.807, 2.05) is 0 Å². The van der Waals surface area contributed by atoms with Crippen LogP contribution in [0, 0.1) is 5.92 Å². The zero-order valence-corrected chi connectivity index (χ0v) is 14.7. The van der Waals surface area contributed by atoms with Crippen molar-refractivity contribution in [2.75, 3.05) is 12.4 Å². The Morgan fingerprint density at radius 2 is 2.04 bits per heavy atom. The Kier molecular flexibility index (Phi) is 4.78. The highest BCUT2D eigenvalue weighted by Crippen LogP contribution is 2.48. The average molecular weight is 353 g/mol. The first-order valence-corrected chi connectivity index (χ1v) is 8.80. The number of hydrogen-bond acceptors (Lipinski definition) is 3. The Hall–Kier alpha value is -1.33. The molecule has 0 radical (unpaired) electrons. The Balaban J connectivity index is 1.69. The SMILES string of the molecule is COC(=O)c1cc(NC(=S)NC2(C3CC3)CCCC2)ccc1Cl. The average Bonchev–Trinajstić information content (AvgIpc) is 3.30. The van der Waals surface area contributed by atoms with Crippen molar-refractivity contribution >= 4 is 40.6 Å². The molecule has 0 aliphatic heterocycles. The molecule has 0 unspecified atom stereocenters. The van der Waals surface area contributed by atoms with Gasteiger partial charge in [-0.1, -0.05) is 24.4 Å². The van der Waals surface area contributed by atoms with Gasteiger partial charge >= 0.3 is 5.97 Å². The fraction of sp³-hybridized carbons (Fsp3) is 0.529. The van der Waals surface area contributed by atoms with E-state index >= 15 is 0 Å². The van der Waals surface area contributed by atoms with Crippen molar-refractivity contribution in [2.24, 2.45) is 5.92 Å². The van der Waals surface area contributed by atoms with E-state index < -0.39 is 5.97 Å². The Morgan fingerprint density at radius 3 is 2.65 bits per heavy atom. The zero-order chi connectivity index (χ0) is 16.4. The van der Waals surface area contributed by atoms with Gasteiger partial charge in [0.2, 0.25) is 0 Å². The number of hydrogen-bond donors (Lipinski definition) is 2. The van der Waals surface area contributed by atoms with Crippen LogP contribution in [0.5, 0.6) is 0 Å². The van der Waals surface area contributed by atoms with Crippen LogP contribution in [0.1, 0.15) is 48.9 Å². The monoisotopic (exact) mass is 352 g/mol. The Morgan fingerprint density at radius 1 is 1.35 bits per heavy atom. The van der Waals surface area contributed by atoms with Gasteiger partial charge in [-0.2, -0.15) is 0 Å². The van der Waals surface area contributed by atoms with Crippen LogP contribution in [0.15, 0.2) is 18.2 Å². The minimum Gasteiger partial charge on any atom is -0.465 e. The summed E-state index contributed by atoms with van der Waals surface area (Å²) in [7, 11) is 1.34. The van der Waals surface area contributed by atoms with Crippen molar-refractivity contribution in [3.63, 3.8) is 0 Å². The summed E-state index contributed by atoms with van der Waals surface area (Å²) < 4.78 is 4.74. The van der Waals surface area contributed by atoms with Crippen LogP contribution in [0.25, 0.3) is 0 Å². The molecule has 0 amide bonds. The number of methoxy groups -OCH3 is 1. The fourth-order valence-electron chi connectivity index (χ4n) is 3.53. The van der Waals surface area contributed by atoms with Crippen LogP contribution < -0.4 is 10.6 Å². The number of benzene rings is 1. The number of halogens is 1. The van der Waals surface area contributed by atoms with Gasteiger partial charge in [0.15, 0.2) is 5.11 Å². The summed E-state index contributed by atoms with van der Waals surface area (Å²) >= 11 is 11.5. The molecule has 124 valence electrons. The maximum absolute atomic E-state index is 11.7. The number of anilines is 1. The van der Waals surface area contributed by atoms with Gasteiger partial charge in [-0.3, -0.25) is 0 Å². The molecule has 0 bridgehead atoms. The highest BCUT2D eigenvalue weighted by Gasteiger charge is 2.47. The van der Waals surface area contributed by atoms with Crippen molar-refractivity contribution in [1.82, 2.24) is 5.32 Å². The molecule has 2 N–H and O–H groups in total. The molecule has 2 aliphatic carbocycles. The van der Waals surface area contributed by atoms with Crippen molar-refractivity contribution < 1.29 is 9.53 Å². The predicted molar refractivity (Wildman–Crippen MR) is 96.1 cm³/mol. The van der Waals surface area contributed by atoms with Crippen LogP contribution in [0.2, 0.25) is 5.02 Å². The van der Waals surface area contributed by atoms with E-state index in [9.17, 15) is 4.79 Å². The molecule has 1 aromatic rings. The number of thiocarbonyl (C=S) groups is 1. The highest BCUT2D eigenvalue weighted by atomic mass is 35.5. The van der Waals surface area contributed by atoms with E-state index in [4.69, 9.17) is 28.6 Å². The summed E-state index contributed by atoms with van der Waals surface area (Å²) in [5.41, 5.74) is 1.23. The first-order valence-electron chi connectivity index (χ1n) is 8.01. The van der Waals surface area contributed by atoms with Gasteiger partial charge in [0.05, 0.1) is 17.7 Å². The Labute approximate surface area is 146 Å². The van der Waals surface area contributed by atoms with Gasteiger partial charge < -0.3 is 15.4 Å². The zero-order valence-electron chi connectivity index (χ0n) is 13.2. The van der Waals surface area contributed by atoms with Gasteiger partial charge in [-0.25, -0.2) is 4.79 Å². The summed E-state index contributed by atoms with van der Waals surface area (Å²) in [4.78, 5) is 11.7. The number of nitrogens with one attached hydrogen (secondary N) is 2. The number of ether oxygens (including phenoxy) is 1. The van der Waals surface area contributed by atoms with Crippen molar-refractivity contribution in [1.29, 1.82) is 0 Å². The molecular weight excluding hydrogens is 332 g/mol. The number of rotatable bonds is 4. The molecule has 23 heavy (non-hydrogen) atoms. The summed E-state index contributed by atoms with van der Waals surface area (Å²) in [5.74, 6) is 0.295. The van der Waals surface area contributed by atoms with Crippen LogP contribution in [-0.2, 0) is 4.74 Å². The Bertz CT molecular complexity index is 625. The highest BCUT2D eigenvalue weighted by molar-refractivity contribution is 7.80. The van der Waals surface area contributed by atoms with Gasteiger partial charge in [-0.15, -0.1) is 0 Å². The topological polar surface area (TPSA) is 50.4 Å². The van der Waals surface area contributed by atoms with Crippen LogP contribution in [-0.4, -0.2) is 23.7 Å². The number of esters is 1. The first kappa shape index (κ1) is 16.5. The van der Waals surface area contributed by atoms with Crippen LogP contribution >= 0.6 is 23.8 Å². The molecule has 2 saturated carbocycles. The maximum atomic E-state index is 11.7. The minimum absolute atomic E-state index is 0.168. The molecule has 2 aliphatic rings. The van der Waals surface area contributed by atoms with E-state index in [1.54, 1.807) is 18.2 Å². The first-order chi connectivity index (χ1) is 11.0. The molecule has 0 aromatic heterocycles. The van der Waals surface area contributed by atoms with Gasteiger partial charge in [0.25, 0.3) is 0 Å². The molecule has 2 fully saturated rings. The van der Waals surface area contributed by atoms with Crippen molar-refractivity contribution in [2.45, 2.75) is 44.1 Å². The lowest BCUT2D eigenvalue weighted by atomic mass is 9.91. The lowest BCUT2D eigenvalue weighted by Crippen LogP contribution is -2.49. The van der Waals surface area contributed by atoms with E-state index in [1.165, 1.54) is 45.6 Å². The molecule has 0 heterocycles. The summed E-state index contributed by atoms with van der Waals surface area (Å²) in [5, 5.41) is 7.70.